The molecular weight excluding hydrogens is 389 g/mol. The van der Waals surface area contributed by atoms with Crippen molar-refractivity contribution < 1.29 is 13.6 Å². The molecule has 0 fully saturated rings. The SMILES string of the molecule is CCOP(=O)(OCC)C(/C=C(\Cl)c1ccc(Br)cc1)N(C)C. The summed E-state index contributed by atoms with van der Waals surface area (Å²) in [6.07, 6.45) is 1.72. The van der Waals surface area contributed by atoms with Gasteiger partial charge in [0.2, 0.25) is 0 Å². The highest BCUT2D eigenvalue weighted by molar-refractivity contribution is 9.10. The Morgan fingerprint density at radius 1 is 1.27 bits per heavy atom. The van der Waals surface area contributed by atoms with Gasteiger partial charge in [0.05, 0.1) is 13.2 Å². The molecule has 0 aliphatic carbocycles. The molecule has 0 aromatic heterocycles. The van der Waals surface area contributed by atoms with Gasteiger partial charge in [0, 0.05) is 9.51 Å². The lowest BCUT2D eigenvalue weighted by Gasteiger charge is -2.29. The van der Waals surface area contributed by atoms with Gasteiger partial charge in [-0.15, -0.1) is 0 Å². The summed E-state index contributed by atoms with van der Waals surface area (Å²) in [4.78, 5) is 1.79. The van der Waals surface area contributed by atoms with E-state index in [0.717, 1.165) is 10.0 Å². The fraction of sp³-hybridized carbons (Fsp3) is 0.467. The van der Waals surface area contributed by atoms with Crippen molar-refractivity contribution in [2.75, 3.05) is 27.3 Å². The highest BCUT2D eigenvalue weighted by Crippen LogP contribution is 2.54. The molecule has 0 N–H and O–H groups in total. The van der Waals surface area contributed by atoms with Crippen LogP contribution in [-0.4, -0.2) is 38.0 Å². The normalized spacial score (nSPS) is 14.4. The maximum absolute atomic E-state index is 13.0. The van der Waals surface area contributed by atoms with Crippen molar-refractivity contribution in [1.29, 1.82) is 0 Å². The first-order valence-electron chi connectivity index (χ1n) is 7.02. The number of hydrogen-bond acceptors (Lipinski definition) is 4. The van der Waals surface area contributed by atoms with Gasteiger partial charge in [-0.3, -0.25) is 9.46 Å². The van der Waals surface area contributed by atoms with E-state index in [2.05, 4.69) is 15.9 Å². The molecule has 22 heavy (non-hydrogen) atoms. The third kappa shape index (κ3) is 5.48. The molecule has 1 aromatic rings. The lowest BCUT2D eigenvalue weighted by atomic mass is 10.2. The van der Waals surface area contributed by atoms with Crippen LogP contribution in [0.5, 0.6) is 0 Å². The van der Waals surface area contributed by atoms with E-state index in [1.165, 1.54) is 0 Å². The minimum Gasteiger partial charge on any atom is -0.308 e. The molecule has 1 rings (SSSR count). The molecule has 0 amide bonds. The van der Waals surface area contributed by atoms with Crippen molar-refractivity contribution >= 4 is 40.2 Å². The summed E-state index contributed by atoms with van der Waals surface area (Å²) in [5, 5.41) is 0.505. The van der Waals surface area contributed by atoms with Gasteiger partial charge >= 0.3 is 7.60 Å². The van der Waals surface area contributed by atoms with E-state index in [9.17, 15) is 4.57 Å². The van der Waals surface area contributed by atoms with E-state index >= 15 is 0 Å². The summed E-state index contributed by atoms with van der Waals surface area (Å²) in [6.45, 7) is 4.20. The van der Waals surface area contributed by atoms with Crippen LogP contribution >= 0.6 is 35.1 Å². The number of benzene rings is 1. The van der Waals surface area contributed by atoms with E-state index in [1.54, 1.807) is 24.8 Å². The van der Waals surface area contributed by atoms with Gasteiger partial charge in [0.1, 0.15) is 5.78 Å². The van der Waals surface area contributed by atoms with Crippen LogP contribution in [0.1, 0.15) is 19.4 Å². The Hall–Kier alpha value is -0.160. The first-order valence-corrected chi connectivity index (χ1v) is 9.80. The molecule has 4 nitrogen and oxygen atoms in total. The molecule has 1 atom stereocenters. The molecule has 1 unspecified atom stereocenters. The molecule has 1 aromatic carbocycles. The molecule has 0 spiro atoms. The Morgan fingerprint density at radius 2 is 1.77 bits per heavy atom. The first-order chi connectivity index (χ1) is 10.3. The molecule has 0 aliphatic heterocycles. The van der Waals surface area contributed by atoms with Gasteiger partial charge in [0.25, 0.3) is 0 Å². The monoisotopic (exact) mass is 409 g/mol. The van der Waals surface area contributed by atoms with E-state index in [1.807, 2.05) is 38.4 Å². The van der Waals surface area contributed by atoms with Crippen LogP contribution in [0.3, 0.4) is 0 Å². The predicted molar refractivity (Wildman–Crippen MR) is 96.3 cm³/mol. The molecule has 0 saturated carbocycles. The lowest BCUT2D eigenvalue weighted by molar-refractivity contribution is 0.196. The van der Waals surface area contributed by atoms with Crippen LogP contribution in [-0.2, 0) is 13.6 Å². The number of rotatable bonds is 8. The van der Waals surface area contributed by atoms with Crippen molar-refractivity contribution in [3.05, 3.63) is 40.4 Å². The Morgan fingerprint density at radius 3 is 2.18 bits per heavy atom. The fourth-order valence-corrected chi connectivity index (χ4v) is 4.50. The van der Waals surface area contributed by atoms with Crippen LogP contribution < -0.4 is 0 Å². The molecular formula is C15H22BrClNO3P. The Bertz CT molecular complexity index is 538. The lowest BCUT2D eigenvalue weighted by Crippen LogP contribution is -2.28. The fourth-order valence-electron chi connectivity index (χ4n) is 1.91. The molecule has 0 saturated heterocycles. The van der Waals surface area contributed by atoms with Gasteiger partial charge in [-0.2, -0.15) is 0 Å². The maximum Gasteiger partial charge on any atom is 0.351 e. The number of hydrogen-bond donors (Lipinski definition) is 0. The first kappa shape index (κ1) is 19.9. The van der Waals surface area contributed by atoms with Crippen LogP contribution in [0.25, 0.3) is 5.03 Å². The van der Waals surface area contributed by atoms with Gasteiger partial charge in [-0.05, 0) is 51.7 Å². The van der Waals surface area contributed by atoms with Gasteiger partial charge in [-0.25, -0.2) is 0 Å². The second-order valence-corrected chi connectivity index (χ2v) is 8.22. The van der Waals surface area contributed by atoms with Crippen LogP contribution in [0, 0.1) is 0 Å². The summed E-state index contributed by atoms with van der Waals surface area (Å²) < 4.78 is 24.8. The van der Waals surface area contributed by atoms with Crippen LogP contribution in [0.4, 0.5) is 0 Å². The quantitative estimate of drug-likeness (QED) is 0.553. The van der Waals surface area contributed by atoms with Gasteiger partial charge < -0.3 is 9.05 Å². The smallest absolute Gasteiger partial charge is 0.308 e. The van der Waals surface area contributed by atoms with Crippen LogP contribution in [0.15, 0.2) is 34.8 Å². The van der Waals surface area contributed by atoms with E-state index in [-0.39, 0.29) is 0 Å². The number of halogens is 2. The van der Waals surface area contributed by atoms with Crippen molar-refractivity contribution in [2.45, 2.75) is 19.6 Å². The summed E-state index contributed by atoms with van der Waals surface area (Å²) in [7, 11) is 0.320. The van der Waals surface area contributed by atoms with E-state index in [0.29, 0.717) is 18.2 Å². The largest absolute Gasteiger partial charge is 0.351 e. The molecule has 0 bridgehead atoms. The summed E-state index contributed by atoms with van der Waals surface area (Å²) >= 11 is 9.78. The molecule has 0 radical (unpaired) electrons. The molecule has 0 heterocycles. The second kappa shape index (κ2) is 9.21. The minimum absolute atomic E-state index is 0.311. The zero-order chi connectivity index (χ0) is 16.8. The van der Waals surface area contributed by atoms with Gasteiger partial charge in [0.15, 0.2) is 0 Å². The average molecular weight is 411 g/mol. The topological polar surface area (TPSA) is 38.8 Å². The molecule has 7 heteroatoms. The van der Waals surface area contributed by atoms with Crippen molar-refractivity contribution in [3.63, 3.8) is 0 Å². The summed E-state index contributed by atoms with van der Waals surface area (Å²) in [6, 6.07) is 7.59. The average Bonchev–Trinajstić information content (AvgIpc) is 2.45. The predicted octanol–water partition coefficient (Wildman–Crippen LogP) is 5.18. The van der Waals surface area contributed by atoms with Crippen LogP contribution in [0.2, 0.25) is 0 Å². The van der Waals surface area contributed by atoms with Crippen molar-refractivity contribution in [3.8, 4) is 0 Å². The Balaban J connectivity index is 3.16. The highest BCUT2D eigenvalue weighted by Gasteiger charge is 2.36. The second-order valence-electron chi connectivity index (χ2n) is 4.77. The zero-order valence-electron chi connectivity index (χ0n) is 13.3. The standard InChI is InChI=1S/C15H22BrClNO3P/c1-5-20-22(19,21-6-2)15(18(3)4)11-14(17)12-7-9-13(16)10-8-12/h7-11,15H,5-6H2,1-4H3/b14-11-. The Kier molecular flexibility index (Phi) is 8.33. The minimum atomic E-state index is -3.31. The highest BCUT2D eigenvalue weighted by atomic mass is 79.9. The molecule has 124 valence electrons. The Labute approximate surface area is 146 Å². The number of nitrogens with zero attached hydrogens (tertiary/aromatic N) is 1. The number of likely N-dealkylation sites (N-methyl/N-ethyl adjacent to an activating group) is 1. The third-order valence-electron chi connectivity index (χ3n) is 2.89. The third-order valence-corrected chi connectivity index (χ3v) is 6.25. The van der Waals surface area contributed by atoms with Gasteiger partial charge in [-0.1, -0.05) is 39.7 Å². The zero-order valence-corrected chi connectivity index (χ0v) is 16.5. The summed E-state index contributed by atoms with van der Waals surface area (Å²) in [5.41, 5.74) is 0.844. The summed E-state index contributed by atoms with van der Waals surface area (Å²) in [5.74, 6) is -0.552. The van der Waals surface area contributed by atoms with Crippen molar-refractivity contribution in [1.82, 2.24) is 4.90 Å². The van der Waals surface area contributed by atoms with E-state index < -0.39 is 13.4 Å². The van der Waals surface area contributed by atoms with Crippen molar-refractivity contribution in [2.24, 2.45) is 0 Å². The molecule has 0 aliphatic rings. The maximum atomic E-state index is 13.0. The van der Waals surface area contributed by atoms with E-state index in [4.69, 9.17) is 20.6 Å².